The second-order valence-corrected chi connectivity index (χ2v) is 4.28. The lowest BCUT2D eigenvalue weighted by atomic mass is 10.1. The van der Waals surface area contributed by atoms with Gasteiger partial charge < -0.3 is 20.1 Å². The van der Waals surface area contributed by atoms with Crippen LogP contribution >= 0.6 is 24.0 Å². The van der Waals surface area contributed by atoms with Gasteiger partial charge in [0.2, 0.25) is 0 Å². The Kier molecular flexibility index (Phi) is 13.5. The molecule has 0 spiro atoms. The van der Waals surface area contributed by atoms with Crippen LogP contribution in [0.2, 0.25) is 0 Å². The summed E-state index contributed by atoms with van der Waals surface area (Å²) in [5, 5.41) is 6.39. The number of ether oxygens (including phenoxy) is 2. The summed E-state index contributed by atoms with van der Waals surface area (Å²) in [6.07, 6.45) is 0. The summed E-state index contributed by atoms with van der Waals surface area (Å²) in [6, 6.07) is 0. The van der Waals surface area contributed by atoms with Gasteiger partial charge in [0.05, 0.1) is 18.8 Å². The van der Waals surface area contributed by atoms with Crippen molar-refractivity contribution in [2.24, 2.45) is 4.99 Å². The van der Waals surface area contributed by atoms with Crippen LogP contribution in [0.4, 0.5) is 0 Å². The molecule has 0 aliphatic carbocycles. The second kappa shape index (κ2) is 12.0. The maximum Gasteiger partial charge on any atom is 0.191 e. The molecular formula is C12H28IN3O2. The van der Waals surface area contributed by atoms with E-state index in [-0.39, 0.29) is 29.6 Å². The van der Waals surface area contributed by atoms with Gasteiger partial charge in [-0.3, -0.25) is 4.99 Å². The minimum Gasteiger partial charge on any atom is -0.380 e. The number of halogens is 1. The van der Waals surface area contributed by atoms with E-state index in [9.17, 15) is 0 Å². The molecule has 0 aliphatic rings. The number of hydrogen-bond donors (Lipinski definition) is 2. The van der Waals surface area contributed by atoms with Crippen LogP contribution < -0.4 is 10.6 Å². The minimum atomic E-state index is -0.234. The Labute approximate surface area is 128 Å². The Morgan fingerprint density at radius 2 is 1.89 bits per heavy atom. The number of aliphatic imine (C=N–C) groups is 1. The van der Waals surface area contributed by atoms with Crippen LogP contribution in [0.5, 0.6) is 0 Å². The van der Waals surface area contributed by atoms with Gasteiger partial charge in [0.15, 0.2) is 5.96 Å². The minimum absolute atomic E-state index is 0. The lowest BCUT2D eigenvalue weighted by Gasteiger charge is -2.21. The van der Waals surface area contributed by atoms with Crippen LogP contribution in [0.1, 0.15) is 27.7 Å². The van der Waals surface area contributed by atoms with E-state index < -0.39 is 0 Å². The van der Waals surface area contributed by atoms with Crippen molar-refractivity contribution in [3.8, 4) is 0 Å². The summed E-state index contributed by atoms with van der Waals surface area (Å²) in [5.41, 5.74) is -0.234. The molecule has 0 aromatic rings. The molecule has 6 heteroatoms. The van der Waals surface area contributed by atoms with Crippen LogP contribution in [0.3, 0.4) is 0 Å². The Morgan fingerprint density at radius 3 is 2.39 bits per heavy atom. The predicted octanol–water partition coefficient (Wildman–Crippen LogP) is 1.62. The molecule has 0 atom stereocenters. The normalized spacial score (nSPS) is 11.9. The number of nitrogens with zero attached hydrogens (tertiary/aromatic N) is 1. The number of guanidine groups is 1. The monoisotopic (exact) mass is 373 g/mol. The summed E-state index contributed by atoms with van der Waals surface area (Å²) in [7, 11) is 1.70. The van der Waals surface area contributed by atoms with E-state index in [4.69, 9.17) is 9.47 Å². The third-order valence-electron chi connectivity index (χ3n) is 2.26. The van der Waals surface area contributed by atoms with Crippen LogP contribution in [-0.4, -0.2) is 51.5 Å². The molecule has 0 amide bonds. The van der Waals surface area contributed by atoms with Gasteiger partial charge in [-0.05, 0) is 27.7 Å². The van der Waals surface area contributed by atoms with E-state index in [2.05, 4.69) is 15.6 Å². The highest BCUT2D eigenvalue weighted by Gasteiger charge is 2.15. The number of nitrogens with one attached hydrogen (secondary N) is 2. The summed E-state index contributed by atoms with van der Waals surface area (Å²) in [4.78, 5) is 4.47. The molecule has 0 rings (SSSR count). The molecule has 0 saturated heterocycles. The highest BCUT2D eigenvalue weighted by atomic mass is 127. The van der Waals surface area contributed by atoms with E-state index >= 15 is 0 Å². The molecule has 0 saturated carbocycles. The first kappa shape index (κ1) is 20.2. The fraction of sp³-hybridized carbons (Fsp3) is 0.917. The Bertz CT molecular complexity index is 223. The summed E-state index contributed by atoms with van der Waals surface area (Å²) >= 11 is 0. The van der Waals surface area contributed by atoms with Gasteiger partial charge in [-0.25, -0.2) is 0 Å². The standard InChI is InChI=1S/C12H27N3O2.HI/c1-6-13-11(14-8-9-17-7-2)15-10-12(3,4)16-5;/h6-10H2,1-5H3,(H2,13,14,15);1H. The zero-order valence-electron chi connectivity index (χ0n) is 12.2. The average molecular weight is 373 g/mol. The smallest absolute Gasteiger partial charge is 0.191 e. The van der Waals surface area contributed by atoms with Gasteiger partial charge in [-0.15, -0.1) is 24.0 Å². The average Bonchev–Trinajstić information content (AvgIpc) is 2.31. The summed E-state index contributed by atoms with van der Waals surface area (Å²) < 4.78 is 10.6. The van der Waals surface area contributed by atoms with Crippen molar-refractivity contribution >= 4 is 29.9 Å². The van der Waals surface area contributed by atoms with Crippen molar-refractivity contribution < 1.29 is 9.47 Å². The van der Waals surface area contributed by atoms with Crippen molar-refractivity contribution in [3.63, 3.8) is 0 Å². The topological polar surface area (TPSA) is 54.9 Å². The number of methoxy groups -OCH3 is 1. The lowest BCUT2D eigenvalue weighted by molar-refractivity contribution is 0.0310. The predicted molar refractivity (Wildman–Crippen MR) is 87.0 cm³/mol. The fourth-order valence-corrected chi connectivity index (χ4v) is 1.06. The molecule has 0 aromatic carbocycles. The second-order valence-electron chi connectivity index (χ2n) is 4.28. The number of hydrogen-bond acceptors (Lipinski definition) is 3. The van der Waals surface area contributed by atoms with Crippen LogP contribution in [0, 0.1) is 0 Å². The first-order valence-corrected chi connectivity index (χ1v) is 6.20. The van der Waals surface area contributed by atoms with Crippen LogP contribution in [-0.2, 0) is 9.47 Å². The third-order valence-corrected chi connectivity index (χ3v) is 2.26. The van der Waals surface area contributed by atoms with Gasteiger partial charge in [0.1, 0.15) is 0 Å². The van der Waals surface area contributed by atoms with Crippen LogP contribution in [0.25, 0.3) is 0 Å². The Morgan fingerprint density at radius 1 is 1.22 bits per heavy atom. The van der Waals surface area contributed by atoms with Crippen molar-refractivity contribution in [1.82, 2.24) is 10.6 Å². The molecule has 110 valence electrons. The van der Waals surface area contributed by atoms with E-state index in [1.807, 2.05) is 27.7 Å². The van der Waals surface area contributed by atoms with E-state index in [0.717, 1.165) is 25.7 Å². The first-order valence-electron chi connectivity index (χ1n) is 6.20. The van der Waals surface area contributed by atoms with Crippen LogP contribution in [0.15, 0.2) is 4.99 Å². The van der Waals surface area contributed by atoms with Crippen molar-refractivity contribution in [1.29, 1.82) is 0 Å². The Hall–Kier alpha value is -0.0800. The molecule has 0 heterocycles. The molecule has 0 aromatic heterocycles. The molecule has 0 aliphatic heterocycles. The summed E-state index contributed by atoms with van der Waals surface area (Å²) in [5.74, 6) is 0.803. The number of rotatable bonds is 8. The quantitative estimate of drug-likeness (QED) is 0.294. The maximum atomic E-state index is 5.32. The van der Waals surface area contributed by atoms with Gasteiger partial charge in [-0.1, -0.05) is 0 Å². The van der Waals surface area contributed by atoms with E-state index in [1.54, 1.807) is 7.11 Å². The maximum absolute atomic E-state index is 5.32. The van der Waals surface area contributed by atoms with Gasteiger partial charge in [-0.2, -0.15) is 0 Å². The molecule has 18 heavy (non-hydrogen) atoms. The molecule has 0 bridgehead atoms. The third kappa shape index (κ3) is 11.0. The molecule has 0 unspecified atom stereocenters. The van der Waals surface area contributed by atoms with Gasteiger partial charge in [0.25, 0.3) is 0 Å². The van der Waals surface area contributed by atoms with Crippen molar-refractivity contribution in [2.75, 3.05) is 40.0 Å². The molecule has 5 nitrogen and oxygen atoms in total. The molecule has 0 radical (unpaired) electrons. The highest BCUT2D eigenvalue weighted by Crippen LogP contribution is 2.06. The van der Waals surface area contributed by atoms with Gasteiger partial charge in [0, 0.05) is 26.8 Å². The van der Waals surface area contributed by atoms with Crippen molar-refractivity contribution in [3.05, 3.63) is 0 Å². The SMILES string of the molecule is CCNC(=NCC(C)(C)OC)NCCOCC.I. The molecule has 2 N–H and O–H groups in total. The zero-order valence-corrected chi connectivity index (χ0v) is 14.5. The zero-order chi connectivity index (χ0) is 13.1. The largest absolute Gasteiger partial charge is 0.380 e. The first-order chi connectivity index (χ1) is 8.05. The summed E-state index contributed by atoms with van der Waals surface area (Å²) in [6.45, 7) is 11.7. The Balaban J connectivity index is 0. The van der Waals surface area contributed by atoms with E-state index in [1.165, 1.54) is 0 Å². The lowest BCUT2D eigenvalue weighted by Crippen LogP contribution is -2.40. The molecule has 0 fully saturated rings. The fourth-order valence-electron chi connectivity index (χ4n) is 1.06. The van der Waals surface area contributed by atoms with Gasteiger partial charge >= 0.3 is 0 Å². The van der Waals surface area contributed by atoms with Crippen molar-refractivity contribution in [2.45, 2.75) is 33.3 Å². The highest BCUT2D eigenvalue weighted by molar-refractivity contribution is 14.0. The molecular weight excluding hydrogens is 345 g/mol. The van der Waals surface area contributed by atoms with E-state index in [0.29, 0.717) is 13.2 Å².